The Bertz CT molecular complexity index is 955. The van der Waals surface area contributed by atoms with Gasteiger partial charge in [-0.1, -0.05) is 36.4 Å². The smallest absolute Gasteiger partial charge is 0.276 e. The molecule has 0 aliphatic heterocycles. The van der Waals surface area contributed by atoms with E-state index in [2.05, 4.69) is 10.4 Å². The lowest BCUT2D eigenvalue weighted by atomic mass is 10.1. The number of nitrogens with one attached hydrogen (secondary N) is 1. The monoisotopic (exact) mass is 287 g/mol. The average Bonchev–Trinajstić information content (AvgIpc) is 2.99. The summed E-state index contributed by atoms with van der Waals surface area (Å²) in [4.78, 5) is 12.3. The van der Waals surface area contributed by atoms with Gasteiger partial charge in [0.1, 0.15) is 0 Å². The van der Waals surface area contributed by atoms with Gasteiger partial charge < -0.3 is 5.32 Å². The molecular weight excluding hydrogens is 274 g/mol. The summed E-state index contributed by atoms with van der Waals surface area (Å²) in [6.07, 6.45) is 1.82. The Morgan fingerprint density at radius 2 is 1.73 bits per heavy atom. The van der Waals surface area contributed by atoms with Crippen molar-refractivity contribution in [2.45, 2.75) is 0 Å². The molecule has 0 saturated heterocycles. The molecular formula is C18H13N3O. The highest BCUT2D eigenvalue weighted by Crippen LogP contribution is 2.19. The van der Waals surface area contributed by atoms with Crippen LogP contribution in [-0.2, 0) is 0 Å². The molecule has 2 heterocycles. The molecule has 0 bridgehead atoms. The van der Waals surface area contributed by atoms with E-state index >= 15 is 0 Å². The lowest BCUT2D eigenvalue weighted by Gasteiger charge is -2.04. The Hall–Kier alpha value is -3.14. The topological polar surface area (TPSA) is 46.4 Å². The summed E-state index contributed by atoms with van der Waals surface area (Å²) < 4.78 is 1.69. The summed E-state index contributed by atoms with van der Waals surface area (Å²) in [6, 6.07) is 21.4. The van der Waals surface area contributed by atoms with Crippen molar-refractivity contribution in [3.63, 3.8) is 0 Å². The van der Waals surface area contributed by atoms with Crippen LogP contribution in [0.2, 0.25) is 0 Å². The van der Waals surface area contributed by atoms with Gasteiger partial charge in [0.05, 0.1) is 5.52 Å². The van der Waals surface area contributed by atoms with Crippen LogP contribution in [0.1, 0.15) is 10.5 Å². The average molecular weight is 287 g/mol. The number of anilines is 1. The van der Waals surface area contributed by atoms with Gasteiger partial charge in [0, 0.05) is 11.9 Å². The summed E-state index contributed by atoms with van der Waals surface area (Å²) in [5.74, 6) is -0.209. The molecule has 0 saturated carbocycles. The van der Waals surface area contributed by atoms with E-state index in [0.717, 1.165) is 22.0 Å². The SMILES string of the molecule is O=C(Nc1ccc2ccccc2c1)c1cc2ccccn2n1. The molecule has 2 aromatic heterocycles. The maximum Gasteiger partial charge on any atom is 0.276 e. The fourth-order valence-electron chi connectivity index (χ4n) is 2.51. The van der Waals surface area contributed by atoms with Crippen LogP contribution in [0.15, 0.2) is 72.9 Å². The van der Waals surface area contributed by atoms with Gasteiger partial charge in [-0.05, 0) is 41.1 Å². The molecule has 22 heavy (non-hydrogen) atoms. The first-order valence-corrected chi connectivity index (χ1v) is 7.04. The molecule has 2 aromatic carbocycles. The Morgan fingerprint density at radius 3 is 2.59 bits per heavy atom. The van der Waals surface area contributed by atoms with Gasteiger partial charge in [-0.3, -0.25) is 4.79 Å². The van der Waals surface area contributed by atoms with Crippen molar-refractivity contribution in [3.8, 4) is 0 Å². The van der Waals surface area contributed by atoms with E-state index in [4.69, 9.17) is 0 Å². The van der Waals surface area contributed by atoms with Gasteiger partial charge in [0.15, 0.2) is 5.69 Å². The van der Waals surface area contributed by atoms with Crippen LogP contribution in [0.5, 0.6) is 0 Å². The van der Waals surface area contributed by atoms with Crippen molar-refractivity contribution in [1.82, 2.24) is 9.61 Å². The zero-order valence-corrected chi connectivity index (χ0v) is 11.7. The number of benzene rings is 2. The van der Waals surface area contributed by atoms with Gasteiger partial charge in [-0.2, -0.15) is 5.10 Å². The van der Waals surface area contributed by atoms with Crippen molar-refractivity contribution in [2.75, 3.05) is 5.32 Å². The van der Waals surface area contributed by atoms with E-state index in [1.807, 2.05) is 66.9 Å². The van der Waals surface area contributed by atoms with Gasteiger partial charge in [0.25, 0.3) is 5.91 Å². The zero-order chi connectivity index (χ0) is 14.9. The van der Waals surface area contributed by atoms with Crippen molar-refractivity contribution >= 4 is 27.9 Å². The third kappa shape index (κ3) is 2.20. The molecule has 1 N–H and O–H groups in total. The van der Waals surface area contributed by atoms with E-state index in [0.29, 0.717) is 5.69 Å². The van der Waals surface area contributed by atoms with E-state index < -0.39 is 0 Å². The molecule has 0 radical (unpaired) electrons. The minimum absolute atomic E-state index is 0.209. The second-order valence-electron chi connectivity index (χ2n) is 5.12. The summed E-state index contributed by atoms with van der Waals surface area (Å²) in [6.45, 7) is 0. The van der Waals surface area contributed by atoms with Crippen molar-refractivity contribution in [1.29, 1.82) is 0 Å². The minimum atomic E-state index is -0.209. The summed E-state index contributed by atoms with van der Waals surface area (Å²) in [5.41, 5.74) is 2.06. The molecule has 0 unspecified atom stereocenters. The van der Waals surface area contributed by atoms with E-state index in [-0.39, 0.29) is 5.91 Å². The summed E-state index contributed by atoms with van der Waals surface area (Å²) in [5, 5.41) is 9.41. The Labute approximate surface area is 127 Å². The molecule has 0 aliphatic rings. The molecule has 4 rings (SSSR count). The normalized spacial score (nSPS) is 10.9. The first kappa shape index (κ1) is 12.6. The number of rotatable bonds is 2. The number of pyridine rings is 1. The van der Waals surface area contributed by atoms with Crippen molar-refractivity contribution < 1.29 is 4.79 Å². The highest BCUT2D eigenvalue weighted by atomic mass is 16.1. The third-order valence-corrected chi connectivity index (χ3v) is 3.61. The lowest BCUT2D eigenvalue weighted by Crippen LogP contribution is -2.12. The van der Waals surface area contributed by atoms with E-state index in [1.165, 1.54) is 0 Å². The molecule has 1 amide bonds. The van der Waals surface area contributed by atoms with E-state index in [9.17, 15) is 4.79 Å². The van der Waals surface area contributed by atoms with Crippen LogP contribution in [0.3, 0.4) is 0 Å². The van der Waals surface area contributed by atoms with Gasteiger partial charge >= 0.3 is 0 Å². The first-order chi connectivity index (χ1) is 10.8. The van der Waals surface area contributed by atoms with E-state index in [1.54, 1.807) is 10.6 Å². The minimum Gasteiger partial charge on any atom is -0.321 e. The maximum absolute atomic E-state index is 12.3. The molecule has 4 heteroatoms. The third-order valence-electron chi connectivity index (χ3n) is 3.61. The van der Waals surface area contributed by atoms with Gasteiger partial charge in [-0.15, -0.1) is 0 Å². The van der Waals surface area contributed by atoms with Crippen molar-refractivity contribution in [2.24, 2.45) is 0 Å². The number of hydrogen-bond donors (Lipinski definition) is 1. The molecule has 0 atom stereocenters. The van der Waals surface area contributed by atoms with Gasteiger partial charge in [0.2, 0.25) is 0 Å². The number of hydrogen-bond acceptors (Lipinski definition) is 2. The van der Waals surface area contributed by atoms with Crippen LogP contribution < -0.4 is 5.32 Å². The largest absolute Gasteiger partial charge is 0.321 e. The number of aromatic nitrogens is 2. The molecule has 4 nitrogen and oxygen atoms in total. The highest BCUT2D eigenvalue weighted by Gasteiger charge is 2.11. The van der Waals surface area contributed by atoms with Crippen LogP contribution >= 0.6 is 0 Å². The fraction of sp³-hybridized carbons (Fsp3) is 0. The highest BCUT2D eigenvalue weighted by molar-refractivity contribution is 6.04. The van der Waals surface area contributed by atoms with Gasteiger partial charge in [-0.25, -0.2) is 4.52 Å². The van der Waals surface area contributed by atoms with Crippen LogP contribution in [0.25, 0.3) is 16.3 Å². The number of nitrogens with zero attached hydrogens (tertiary/aromatic N) is 2. The number of carbonyl (C=O) groups is 1. The summed E-state index contributed by atoms with van der Waals surface area (Å²) in [7, 11) is 0. The predicted octanol–water partition coefficient (Wildman–Crippen LogP) is 3.74. The van der Waals surface area contributed by atoms with Crippen LogP contribution in [0.4, 0.5) is 5.69 Å². The molecule has 0 aliphatic carbocycles. The number of amides is 1. The number of fused-ring (bicyclic) bond motifs is 2. The van der Waals surface area contributed by atoms with Crippen LogP contribution in [-0.4, -0.2) is 15.5 Å². The second kappa shape index (κ2) is 5.00. The molecule has 106 valence electrons. The maximum atomic E-state index is 12.3. The molecule has 0 fully saturated rings. The Morgan fingerprint density at radius 1 is 0.909 bits per heavy atom. The standard InChI is InChI=1S/C18H13N3O/c22-18(17-12-16-7-3-4-10-21(16)20-17)19-15-9-8-13-5-1-2-6-14(13)11-15/h1-12H,(H,19,22). The van der Waals surface area contributed by atoms with Crippen molar-refractivity contribution in [3.05, 3.63) is 78.6 Å². The lowest BCUT2D eigenvalue weighted by molar-refractivity contribution is 0.102. The quantitative estimate of drug-likeness (QED) is 0.610. The second-order valence-corrected chi connectivity index (χ2v) is 5.12. The predicted molar refractivity (Wildman–Crippen MR) is 87.1 cm³/mol. The fourth-order valence-corrected chi connectivity index (χ4v) is 2.51. The Balaban J connectivity index is 1.64. The first-order valence-electron chi connectivity index (χ1n) is 7.04. The zero-order valence-electron chi connectivity index (χ0n) is 11.7. The molecule has 4 aromatic rings. The van der Waals surface area contributed by atoms with Crippen LogP contribution in [0, 0.1) is 0 Å². The summed E-state index contributed by atoms with van der Waals surface area (Å²) >= 11 is 0. The number of carbonyl (C=O) groups excluding carboxylic acids is 1. The Kier molecular flexibility index (Phi) is 2.86. The molecule has 0 spiro atoms.